The first-order valence-corrected chi connectivity index (χ1v) is 11.3. The quantitative estimate of drug-likeness (QED) is 0.498. The third kappa shape index (κ3) is 4.43. The van der Waals surface area contributed by atoms with Crippen molar-refractivity contribution in [2.75, 3.05) is 27.2 Å². The molecule has 0 aliphatic carbocycles. The fraction of sp³-hybridized carbons (Fsp3) is 0.304. The molecule has 1 aliphatic heterocycles. The van der Waals surface area contributed by atoms with Crippen molar-refractivity contribution < 1.29 is 0 Å². The van der Waals surface area contributed by atoms with Crippen LogP contribution in [-0.2, 0) is 0 Å². The van der Waals surface area contributed by atoms with E-state index in [1.54, 1.807) is 0 Å². The number of nitrogens with one attached hydrogen (secondary N) is 1. The van der Waals surface area contributed by atoms with Gasteiger partial charge in [-0.25, -0.2) is 0 Å². The van der Waals surface area contributed by atoms with Crippen LogP contribution in [0.15, 0.2) is 71.5 Å². The van der Waals surface area contributed by atoms with E-state index in [0.717, 1.165) is 40.5 Å². The minimum absolute atomic E-state index is 0.00199. The molecule has 1 aromatic carbocycles. The number of thiocarbonyl (C=S) groups is 1. The highest BCUT2D eigenvalue weighted by Crippen LogP contribution is 2.39. The van der Waals surface area contributed by atoms with E-state index in [2.05, 4.69) is 103 Å². The predicted molar refractivity (Wildman–Crippen MR) is 129 cm³/mol. The average Bonchev–Trinajstić information content (AvgIpc) is 3.34. The lowest BCUT2D eigenvalue weighted by Crippen LogP contribution is -2.32. The monoisotopic (exact) mass is 483 g/mol. The Kier molecular flexibility index (Phi) is 6.51. The molecule has 1 N–H and O–H groups in total. The van der Waals surface area contributed by atoms with Crippen LogP contribution < -0.4 is 5.32 Å². The molecule has 1 fully saturated rings. The van der Waals surface area contributed by atoms with Gasteiger partial charge in [-0.05, 0) is 87.8 Å². The molecule has 7 heteroatoms. The average molecular weight is 484 g/mol. The Morgan fingerprint density at radius 2 is 1.90 bits per heavy atom. The number of hydrogen-bond acceptors (Lipinski definition) is 3. The van der Waals surface area contributed by atoms with Crippen LogP contribution in [0, 0.1) is 0 Å². The van der Waals surface area contributed by atoms with Gasteiger partial charge < -0.3 is 19.7 Å². The van der Waals surface area contributed by atoms with Crippen LogP contribution in [0.5, 0.6) is 0 Å². The Labute approximate surface area is 191 Å². The number of pyridine rings is 1. The first-order chi connectivity index (χ1) is 14.5. The maximum absolute atomic E-state index is 5.78. The number of halogens is 1. The molecule has 5 nitrogen and oxygen atoms in total. The van der Waals surface area contributed by atoms with Crippen LogP contribution in [0.1, 0.15) is 29.9 Å². The van der Waals surface area contributed by atoms with Crippen molar-refractivity contribution in [2.24, 2.45) is 0 Å². The lowest BCUT2D eigenvalue weighted by molar-refractivity contribution is 0.286. The second kappa shape index (κ2) is 9.29. The van der Waals surface area contributed by atoms with E-state index < -0.39 is 0 Å². The molecule has 0 radical (unpaired) electrons. The zero-order chi connectivity index (χ0) is 21.1. The first-order valence-electron chi connectivity index (χ1n) is 10.1. The summed E-state index contributed by atoms with van der Waals surface area (Å²) in [5.41, 5.74) is 3.33. The molecule has 156 valence electrons. The smallest absolute Gasteiger partial charge is 0.170 e. The number of hydrogen-bond donors (Lipinski definition) is 1. The van der Waals surface area contributed by atoms with Crippen molar-refractivity contribution in [1.82, 2.24) is 24.7 Å². The summed E-state index contributed by atoms with van der Waals surface area (Å²) in [6, 6.07) is 18.8. The molecule has 4 rings (SSSR count). The summed E-state index contributed by atoms with van der Waals surface area (Å²) >= 11 is 9.32. The van der Waals surface area contributed by atoms with E-state index >= 15 is 0 Å². The molecule has 3 aromatic rings. The standard InChI is InChI=1S/C23H26BrN5S/c1-27(2)14-6-16-29-22(21(26-23(29)30)19-7-3-4-13-25-19)20-8-5-15-28(20)18-11-9-17(24)10-12-18/h3-5,7-13,15,21-22H,6,14,16H2,1-2H3,(H,26,30)/t21-,22+/m0/s1. The maximum atomic E-state index is 5.78. The van der Waals surface area contributed by atoms with E-state index in [9.17, 15) is 0 Å². The first kappa shape index (κ1) is 21.0. The number of rotatable bonds is 7. The van der Waals surface area contributed by atoms with Crippen molar-refractivity contribution >= 4 is 33.3 Å². The van der Waals surface area contributed by atoms with E-state index in [0.29, 0.717) is 0 Å². The second-order valence-corrected chi connectivity index (χ2v) is 9.06. The van der Waals surface area contributed by atoms with Crippen LogP contribution in [0.25, 0.3) is 5.69 Å². The third-order valence-corrected chi connectivity index (χ3v) is 6.27. The molecule has 2 atom stereocenters. The second-order valence-electron chi connectivity index (χ2n) is 7.76. The van der Waals surface area contributed by atoms with Gasteiger partial charge in [-0.1, -0.05) is 22.0 Å². The van der Waals surface area contributed by atoms with Gasteiger partial charge in [-0.3, -0.25) is 4.98 Å². The van der Waals surface area contributed by atoms with Crippen molar-refractivity contribution in [1.29, 1.82) is 0 Å². The Morgan fingerprint density at radius 3 is 2.60 bits per heavy atom. The van der Waals surface area contributed by atoms with E-state index in [4.69, 9.17) is 12.2 Å². The van der Waals surface area contributed by atoms with Crippen LogP contribution in [0.3, 0.4) is 0 Å². The molecular formula is C23H26BrN5S. The summed E-state index contributed by atoms with van der Waals surface area (Å²) in [6.07, 6.45) is 5.01. The number of nitrogens with zero attached hydrogens (tertiary/aromatic N) is 4. The summed E-state index contributed by atoms with van der Waals surface area (Å²) in [5, 5.41) is 4.33. The summed E-state index contributed by atoms with van der Waals surface area (Å²) < 4.78 is 3.32. The summed E-state index contributed by atoms with van der Waals surface area (Å²) in [6.45, 7) is 1.91. The predicted octanol–water partition coefficient (Wildman–Crippen LogP) is 4.56. The molecule has 3 heterocycles. The fourth-order valence-electron chi connectivity index (χ4n) is 4.00. The molecule has 30 heavy (non-hydrogen) atoms. The van der Waals surface area contributed by atoms with Crippen molar-refractivity contribution in [3.05, 3.63) is 82.9 Å². The SMILES string of the molecule is CN(C)CCCN1C(=S)N[C@@H](c2ccccn2)[C@H]1c1cccn1-c1ccc(Br)cc1. The largest absolute Gasteiger partial charge is 0.352 e. The molecule has 1 saturated heterocycles. The lowest BCUT2D eigenvalue weighted by Gasteiger charge is -2.29. The van der Waals surface area contributed by atoms with Crippen LogP contribution in [0.2, 0.25) is 0 Å². The van der Waals surface area contributed by atoms with Gasteiger partial charge in [0.1, 0.15) is 0 Å². The molecule has 2 aromatic heterocycles. The van der Waals surface area contributed by atoms with Crippen molar-refractivity contribution in [2.45, 2.75) is 18.5 Å². The summed E-state index contributed by atoms with van der Waals surface area (Å²) in [7, 11) is 4.21. The lowest BCUT2D eigenvalue weighted by atomic mass is 10.0. The third-order valence-electron chi connectivity index (χ3n) is 5.39. The molecular weight excluding hydrogens is 458 g/mol. The number of benzene rings is 1. The highest BCUT2D eigenvalue weighted by Gasteiger charge is 2.40. The normalized spacial score (nSPS) is 18.8. The van der Waals surface area contributed by atoms with Gasteiger partial charge in [0.05, 0.1) is 17.8 Å². The van der Waals surface area contributed by atoms with E-state index in [1.165, 1.54) is 5.69 Å². The highest BCUT2D eigenvalue weighted by molar-refractivity contribution is 9.10. The minimum atomic E-state index is 0.00199. The molecule has 0 saturated carbocycles. The van der Waals surface area contributed by atoms with Crippen molar-refractivity contribution in [3.63, 3.8) is 0 Å². The van der Waals surface area contributed by atoms with Gasteiger partial charge in [0.15, 0.2) is 5.11 Å². The maximum Gasteiger partial charge on any atom is 0.170 e. The number of aromatic nitrogens is 2. The zero-order valence-electron chi connectivity index (χ0n) is 17.2. The summed E-state index contributed by atoms with van der Waals surface area (Å²) in [4.78, 5) is 9.17. The Hall–Kier alpha value is -2.22. The Bertz CT molecular complexity index is 986. The highest BCUT2D eigenvalue weighted by atomic mass is 79.9. The molecule has 0 amide bonds. The molecule has 0 spiro atoms. The fourth-order valence-corrected chi connectivity index (χ4v) is 4.59. The molecule has 0 unspecified atom stereocenters. The topological polar surface area (TPSA) is 36.3 Å². The van der Waals surface area contributed by atoms with Crippen LogP contribution >= 0.6 is 28.1 Å². The minimum Gasteiger partial charge on any atom is -0.352 e. The van der Waals surface area contributed by atoms with Crippen LogP contribution in [0.4, 0.5) is 0 Å². The Morgan fingerprint density at radius 1 is 1.10 bits per heavy atom. The van der Waals surface area contributed by atoms with Gasteiger partial charge in [0.2, 0.25) is 0 Å². The molecule has 0 bridgehead atoms. The zero-order valence-corrected chi connectivity index (χ0v) is 19.6. The van der Waals surface area contributed by atoms with Gasteiger partial charge in [0.25, 0.3) is 0 Å². The van der Waals surface area contributed by atoms with Gasteiger partial charge in [-0.15, -0.1) is 0 Å². The molecule has 1 aliphatic rings. The van der Waals surface area contributed by atoms with Gasteiger partial charge in [0, 0.05) is 34.8 Å². The van der Waals surface area contributed by atoms with Gasteiger partial charge >= 0.3 is 0 Å². The Balaban J connectivity index is 1.73. The van der Waals surface area contributed by atoms with Crippen molar-refractivity contribution in [3.8, 4) is 5.69 Å². The summed E-state index contributed by atoms with van der Waals surface area (Å²) in [5.74, 6) is 0. The van der Waals surface area contributed by atoms with E-state index in [-0.39, 0.29) is 12.1 Å². The van der Waals surface area contributed by atoms with Gasteiger partial charge in [-0.2, -0.15) is 0 Å². The van der Waals surface area contributed by atoms with E-state index in [1.807, 2.05) is 18.3 Å². The van der Waals surface area contributed by atoms with Crippen LogP contribution in [-0.4, -0.2) is 51.6 Å².